The van der Waals surface area contributed by atoms with Crippen LogP contribution in [0.2, 0.25) is 0 Å². The minimum atomic E-state index is -4.16. The normalized spacial score (nSPS) is 18.1. The summed E-state index contributed by atoms with van der Waals surface area (Å²) >= 11 is 0. The molecule has 9 nitrogen and oxygen atoms in total. The van der Waals surface area contributed by atoms with Crippen molar-refractivity contribution >= 4 is 26.8 Å². The van der Waals surface area contributed by atoms with Crippen molar-refractivity contribution in [3.8, 4) is 17.6 Å². The molecule has 3 aromatic rings. The maximum Gasteiger partial charge on any atom is 0.301 e. The van der Waals surface area contributed by atoms with Gasteiger partial charge in [-0.15, -0.1) is 0 Å². The molecular formula is C22H19F2N5O4S. The van der Waals surface area contributed by atoms with Crippen LogP contribution in [-0.4, -0.2) is 41.5 Å². The van der Waals surface area contributed by atoms with E-state index < -0.39 is 27.9 Å². The Morgan fingerprint density at radius 2 is 2.06 bits per heavy atom. The summed E-state index contributed by atoms with van der Waals surface area (Å²) in [6.07, 6.45) is 0.341. The predicted octanol–water partition coefficient (Wildman–Crippen LogP) is 2.85. The van der Waals surface area contributed by atoms with Crippen LogP contribution in [0.25, 0.3) is 10.9 Å². The van der Waals surface area contributed by atoms with Crippen LogP contribution in [0.15, 0.2) is 35.1 Å². The number of halogens is 2. The third-order valence-corrected chi connectivity index (χ3v) is 7.39. The van der Waals surface area contributed by atoms with E-state index in [2.05, 4.69) is 9.71 Å². The molecule has 0 unspecified atom stereocenters. The first-order valence-corrected chi connectivity index (χ1v) is 12.1. The lowest BCUT2D eigenvalue weighted by Crippen LogP contribution is -2.34. The van der Waals surface area contributed by atoms with Gasteiger partial charge in [0.05, 0.1) is 16.6 Å². The number of hydrogen-bond donors (Lipinski definition) is 1. The monoisotopic (exact) mass is 487 g/mol. The summed E-state index contributed by atoms with van der Waals surface area (Å²) in [5, 5.41) is 9.95. The zero-order valence-corrected chi connectivity index (χ0v) is 18.6. The second-order valence-electron chi connectivity index (χ2n) is 8.13. The molecule has 0 aliphatic carbocycles. The molecule has 2 aliphatic rings. The summed E-state index contributed by atoms with van der Waals surface area (Å²) in [4.78, 5) is 17.3. The highest BCUT2D eigenvalue weighted by Gasteiger charge is 2.32. The summed E-state index contributed by atoms with van der Waals surface area (Å²) in [6.45, 7) is 0.261. The number of fused-ring (bicyclic) bond motifs is 2. The molecule has 2 aromatic carbocycles. The molecule has 34 heavy (non-hydrogen) atoms. The lowest BCUT2D eigenvalue weighted by molar-refractivity contribution is 0.343. The van der Waals surface area contributed by atoms with E-state index in [1.54, 1.807) is 16.7 Å². The first kappa shape index (κ1) is 22.2. The Hall–Kier alpha value is -3.56. The molecular weight excluding hydrogens is 468 g/mol. The first-order valence-electron chi connectivity index (χ1n) is 10.6. The summed E-state index contributed by atoms with van der Waals surface area (Å²) in [5.41, 5.74) is -0.350. The molecule has 1 fully saturated rings. The molecule has 0 radical (unpaired) electrons. The van der Waals surface area contributed by atoms with Crippen molar-refractivity contribution in [1.82, 2.24) is 13.9 Å². The maximum atomic E-state index is 14.7. The quantitative estimate of drug-likeness (QED) is 0.592. The van der Waals surface area contributed by atoms with Crippen LogP contribution in [0.4, 0.5) is 14.5 Å². The fourth-order valence-electron chi connectivity index (χ4n) is 4.21. The van der Waals surface area contributed by atoms with Gasteiger partial charge in [-0.05, 0) is 43.2 Å². The van der Waals surface area contributed by atoms with Gasteiger partial charge in [0.1, 0.15) is 29.4 Å². The number of nitrogens with zero attached hydrogens (tertiary/aromatic N) is 4. The fraction of sp³-hybridized carbons (Fsp3) is 0.318. The molecule has 5 rings (SSSR count). The maximum absolute atomic E-state index is 14.7. The smallest absolute Gasteiger partial charge is 0.301 e. The van der Waals surface area contributed by atoms with E-state index in [1.165, 1.54) is 12.1 Å². The summed E-state index contributed by atoms with van der Waals surface area (Å²) < 4.78 is 63.7. The Bertz CT molecular complexity index is 1520. The van der Waals surface area contributed by atoms with Crippen molar-refractivity contribution in [2.75, 3.05) is 17.8 Å². The highest BCUT2D eigenvalue weighted by atomic mass is 32.2. The Balaban J connectivity index is 1.50. The zero-order chi connectivity index (χ0) is 24.0. The average Bonchev–Trinajstić information content (AvgIpc) is 3.46. The third kappa shape index (κ3) is 3.86. The molecule has 0 bridgehead atoms. The number of rotatable bonds is 5. The number of nitriles is 1. The Morgan fingerprint density at radius 3 is 2.79 bits per heavy atom. The van der Waals surface area contributed by atoms with E-state index in [0.717, 1.165) is 22.9 Å². The van der Waals surface area contributed by atoms with Crippen molar-refractivity contribution in [1.29, 1.82) is 5.26 Å². The molecule has 1 saturated heterocycles. The van der Waals surface area contributed by atoms with Gasteiger partial charge >= 0.3 is 10.2 Å². The number of hydrogen-bond acceptors (Lipinski definition) is 6. The topological polar surface area (TPSA) is 117 Å². The van der Waals surface area contributed by atoms with E-state index in [0.29, 0.717) is 24.3 Å². The number of benzene rings is 2. The minimum Gasteiger partial charge on any atom is -0.453 e. The number of anilines is 1. The lowest BCUT2D eigenvalue weighted by Gasteiger charge is -2.18. The second-order valence-corrected chi connectivity index (χ2v) is 9.80. The van der Waals surface area contributed by atoms with Gasteiger partial charge in [-0.3, -0.25) is 14.1 Å². The Morgan fingerprint density at radius 1 is 1.24 bits per heavy atom. The van der Waals surface area contributed by atoms with Gasteiger partial charge < -0.3 is 4.74 Å². The van der Waals surface area contributed by atoms with E-state index in [1.807, 2.05) is 0 Å². The molecule has 12 heteroatoms. The fourth-order valence-corrected chi connectivity index (χ4v) is 5.49. The average molecular weight is 487 g/mol. The number of aryl methyl sites for hydroxylation is 1. The van der Waals surface area contributed by atoms with E-state index >= 15 is 0 Å². The summed E-state index contributed by atoms with van der Waals surface area (Å²) in [6, 6.07) is 8.30. The molecule has 1 atom stereocenters. The van der Waals surface area contributed by atoms with Crippen LogP contribution in [-0.2, 0) is 23.2 Å². The highest BCUT2D eigenvalue weighted by molar-refractivity contribution is 7.90. The number of alkyl halides is 1. The second kappa shape index (κ2) is 8.34. The van der Waals surface area contributed by atoms with Crippen molar-refractivity contribution in [3.63, 3.8) is 0 Å². The van der Waals surface area contributed by atoms with E-state index in [9.17, 15) is 27.3 Å². The molecule has 176 valence electrons. The predicted molar refractivity (Wildman–Crippen MR) is 119 cm³/mol. The van der Waals surface area contributed by atoms with Crippen LogP contribution in [0.1, 0.15) is 24.2 Å². The van der Waals surface area contributed by atoms with Crippen LogP contribution >= 0.6 is 0 Å². The van der Waals surface area contributed by atoms with Gasteiger partial charge in [-0.25, -0.2) is 13.8 Å². The van der Waals surface area contributed by atoms with Gasteiger partial charge in [0, 0.05) is 26.1 Å². The van der Waals surface area contributed by atoms with Crippen molar-refractivity contribution in [2.45, 2.75) is 32.0 Å². The van der Waals surface area contributed by atoms with Crippen molar-refractivity contribution in [2.24, 2.45) is 0 Å². The number of aromatic nitrogens is 2. The Labute approximate surface area is 193 Å². The van der Waals surface area contributed by atoms with E-state index in [4.69, 9.17) is 4.74 Å². The van der Waals surface area contributed by atoms with Crippen molar-refractivity contribution in [3.05, 3.63) is 57.9 Å². The zero-order valence-electron chi connectivity index (χ0n) is 17.8. The summed E-state index contributed by atoms with van der Waals surface area (Å²) in [5.74, 6) is -0.601. The van der Waals surface area contributed by atoms with E-state index in [-0.39, 0.29) is 47.5 Å². The highest BCUT2D eigenvalue weighted by Crippen LogP contribution is 2.34. The van der Waals surface area contributed by atoms with Gasteiger partial charge in [0.25, 0.3) is 5.56 Å². The molecule has 0 saturated carbocycles. The number of ether oxygens (including phenoxy) is 1. The minimum absolute atomic E-state index is 0.00664. The van der Waals surface area contributed by atoms with Crippen LogP contribution < -0.4 is 15.0 Å². The largest absolute Gasteiger partial charge is 0.453 e. The SMILES string of the molecule is N#Cc1c(NS(=O)(=O)N2CC[C@H](F)C2)ccc(F)c1Oc1ccc2nc3n(c(=O)c2c1)CCC3. The molecule has 1 N–H and O–H groups in total. The third-order valence-electron chi connectivity index (χ3n) is 5.90. The molecule has 3 heterocycles. The summed E-state index contributed by atoms with van der Waals surface area (Å²) in [7, 11) is -4.16. The van der Waals surface area contributed by atoms with Gasteiger partial charge in [0.15, 0.2) is 11.6 Å². The van der Waals surface area contributed by atoms with Gasteiger partial charge in [-0.1, -0.05) is 0 Å². The molecule has 0 amide bonds. The van der Waals surface area contributed by atoms with Gasteiger partial charge in [0.2, 0.25) is 0 Å². The standard InChI is InChI=1S/C22H19F2N5O4S/c23-13-7-9-28(12-13)34(31,32)27-19-6-4-17(24)21(16(19)11-25)33-14-3-5-18-15(10-14)22(30)29-8-1-2-20(29)26-18/h3-6,10,13,27H,1-2,7-9,12H2/t13-/m0/s1. The molecule has 2 aliphatic heterocycles. The first-order chi connectivity index (χ1) is 16.3. The van der Waals surface area contributed by atoms with Crippen LogP contribution in [0.3, 0.4) is 0 Å². The lowest BCUT2D eigenvalue weighted by atomic mass is 10.1. The molecule has 0 spiro atoms. The molecule has 1 aromatic heterocycles. The van der Waals surface area contributed by atoms with Gasteiger partial charge in [-0.2, -0.15) is 18.0 Å². The van der Waals surface area contributed by atoms with Crippen LogP contribution in [0.5, 0.6) is 11.5 Å². The Kier molecular flexibility index (Phi) is 5.45. The van der Waals surface area contributed by atoms with Crippen molar-refractivity contribution < 1.29 is 21.9 Å². The van der Waals surface area contributed by atoms with Crippen LogP contribution in [0, 0.1) is 17.1 Å². The number of nitrogens with one attached hydrogen (secondary N) is 1.